The summed E-state index contributed by atoms with van der Waals surface area (Å²) in [7, 11) is 0. The first kappa shape index (κ1) is 23.1. The van der Waals surface area contributed by atoms with E-state index in [0.29, 0.717) is 16.2 Å². The Morgan fingerprint density at radius 1 is 0.946 bits per heavy atom. The highest BCUT2D eigenvalue weighted by atomic mass is 16.3. The lowest BCUT2D eigenvalue weighted by Crippen LogP contribution is -2.49. The summed E-state index contributed by atoms with van der Waals surface area (Å²) in [5.41, 5.74) is 5.77. The van der Waals surface area contributed by atoms with Gasteiger partial charge in [-0.3, -0.25) is 19.2 Å². The smallest absolute Gasteiger partial charge is 0.328 e. The number of urea groups is 1. The number of likely N-dealkylation sites (tertiary alicyclic amines) is 1. The average molecular weight is 500 g/mol. The van der Waals surface area contributed by atoms with Crippen molar-refractivity contribution in [2.24, 2.45) is 34.8 Å². The van der Waals surface area contributed by atoms with Crippen molar-refractivity contribution < 1.29 is 29.1 Å². The SMILES string of the molecule is C[C@@]12C(=O)N(c3ccccc3)C(=O)[C@@H]1C[C@@H]1C(=CC[C@@H]3C(=O)N(C(N)=O)C(=O)[C@@H]31)[C@@H]2c1ccccc1O. The molecule has 2 aliphatic heterocycles. The van der Waals surface area contributed by atoms with Crippen LogP contribution in [-0.2, 0) is 19.2 Å². The first-order valence-electron chi connectivity index (χ1n) is 12.3. The molecule has 0 bridgehead atoms. The molecule has 1 saturated carbocycles. The maximum atomic E-state index is 14.1. The molecule has 0 radical (unpaired) electrons. The topological polar surface area (TPSA) is 138 Å². The number of rotatable bonds is 2. The number of para-hydroxylation sites is 2. The van der Waals surface area contributed by atoms with Gasteiger partial charge in [-0.2, -0.15) is 4.90 Å². The number of phenols is 1. The number of nitrogens with zero attached hydrogens (tertiary/aromatic N) is 2. The molecule has 2 saturated heterocycles. The van der Waals surface area contributed by atoms with Gasteiger partial charge in [-0.25, -0.2) is 9.69 Å². The van der Waals surface area contributed by atoms with Crippen LogP contribution in [0.3, 0.4) is 0 Å². The summed E-state index contributed by atoms with van der Waals surface area (Å²) >= 11 is 0. The molecule has 6 amide bonds. The van der Waals surface area contributed by atoms with E-state index in [1.165, 1.54) is 11.0 Å². The van der Waals surface area contributed by atoms with E-state index in [2.05, 4.69) is 0 Å². The predicted molar refractivity (Wildman–Crippen MR) is 131 cm³/mol. The average Bonchev–Trinajstić information content (AvgIpc) is 3.25. The minimum Gasteiger partial charge on any atom is -0.508 e. The van der Waals surface area contributed by atoms with Crippen LogP contribution in [0.2, 0.25) is 0 Å². The number of amides is 6. The maximum absolute atomic E-state index is 14.1. The van der Waals surface area contributed by atoms with Crippen LogP contribution in [0.5, 0.6) is 5.75 Å². The molecule has 9 heteroatoms. The molecule has 0 aromatic heterocycles. The molecule has 3 fully saturated rings. The van der Waals surface area contributed by atoms with Crippen LogP contribution in [0.25, 0.3) is 0 Å². The van der Waals surface area contributed by atoms with Gasteiger partial charge >= 0.3 is 6.03 Å². The lowest BCUT2D eigenvalue weighted by molar-refractivity contribution is -0.136. The minimum absolute atomic E-state index is 0.0258. The molecule has 6 rings (SSSR count). The fraction of sp³-hybridized carbons (Fsp3) is 0.321. The number of hydrogen-bond donors (Lipinski definition) is 2. The van der Waals surface area contributed by atoms with Gasteiger partial charge in [0.15, 0.2) is 0 Å². The summed E-state index contributed by atoms with van der Waals surface area (Å²) in [5, 5.41) is 10.9. The third-order valence-corrected chi connectivity index (χ3v) is 8.76. The molecule has 2 aromatic rings. The zero-order chi connectivity index (χ0) is 26.2. The van der Waals surface area contributed by atoms with E-state index in [1.807, 2.05) is 6.08 Å². The molecule has 2 aromatic carbocycles. The Hall–Kier alpha value is -4.27. The molecule has 3 N–H and O–H groups in total. The number of fused-ring (bicyclic) bond motifs is 4. The Balaban J connectivity index is 1.54. The second-order valence-corrected chi connectivity index (χ2v) is 10.4. The largest absolute Gasteiger partial charge is 0.508 e. The molecule has 6 atom stereocenters. The first-order valence-corrected chi connectivity index (χ1v) is 12.3. The highest BCUT2D eigenvalue weighted by Crippen LogP contribution is 2.64. The van der Waals surface area contributed by atoms with Crippen molar-refractivity contribution in [3.63, 3.8) is 0 Å². The number of nitrogens with two attached hydrogens (primary N) is 1. The van der Waals surface area contributed by atoms with Gasteiger partial charge in [0.05, 0.1) is 28.9 Å². The number of benzene rings is 2. The first-order chi connectivity index (χ1) is 17.7. The van der Waals surface area contributed by atoms with Gasteiger partial charge in [0, 0.05) is 11.5 Å². The molecule has 4 aliphatic rings. The quantitative estimate of drug-likeness (QED) is 0.481. The Morgan fingerprint density at radius 3 is 2.30 bits per heavy atom. The second kappa shape index (κ2) is 7.86. The van der Waals surface area contributed by atoms with Gasteiger partial charge in [-0.1, -0.05) is 48.0 Å². The Bertz CT molecular complexity index is 1420. The minimum atomic E-state index is -1.24. The van der Waals surface area contributed by atoms with E-state index in [9.17, 15) is 29.1 Å². The zero-order valence-electron chi connectivity index (χ0n) is 20.0. The number of carbonyl (C=O) groups excluding carboxylic acids is 5. The zero-order valence-corrected chi connectivity index (χ0v) is 20.0. The highest BCUT2D eigenvalue weighted by Gasteiger charge is 2.68. The molecule has 0 unspecified atom stereocenters. The molecule has 37 heavy (non-hydrogen) atoms. The van der Waals surface area contributed by atoms with Crippen molar-refractivity contribution in [2.45, 2.75) is 25.7 Å². The van der Waals surface area contributed by atoms with Crippen LogP contribution in [0, 0.1) is 29.1 Å². The third kappa shape index (κ3) is 2.94. The molecular weight excluding hydrogens is 474 g/mol. The van der Waals surface area contributed by atoms with E-state index < -0.39 is 52.8 Å². The van der Waals surface area contributed by atoms with Crippen LogP contribution in [0.4, 0.5) is 10.5 Å². The van der Waals surface area contributed by atoms with Crippen LogP contribution >= 0.6 is 0 Å². The summed E-state index contributed by atoms with van der Waals surface area (Å²) in [6, 6.07) is 14.2. The maximum Gasteiger partial charge on any atom is 0.328 e. The van der Waals surface area contributed by atoms with Crippen molar-refractivity contribution in [1.29, 1.82) is 0 Å². The van der Waals surface area contributed by atoms with Gasteiger partial charge < -0.3 is 10.8 Å². The van der Waals surface area contributed by atoms with E-state index >= 15 is 0 Å². The lowest BCUT2D eigenvalue weighted by Gasteiger charge is -2.49. The second-order valence-electron chi connectivity index (χ2n) is 10.4. The number of primary amides is 1. The summed E-state index contributed by atoms with van der Waals surface area (Å²) in [6.07, 6.45) is 2.20. The lowest BCUT2D eigenvalue weighted by atomic mass is 9.51. The number of hydrogen-bond acceptors (Lipinski definition) is 6. The standard InChI is InChI=1S/C28H25N3O6/c1-28-19(24(34)30(26(28)36)14-7-3-2-4-8-14)13-18-15(22(28)16-9-5-6-10-20(16)32)11-12-17-21(18)25(35)31(23(17)33)27(29)37/h2-11,17-19,21-22,32H,12-13H2,1H3,(H2,29,37)/t17-,18+,19-,21-,22+,28+/m0/s1. The molecule has 9 nitrogen and oxygen atoms in total. The number of imide groups is 4. The van der Waals surface area contributed by atoms with E-state index in [0.717, 1.165) is 5.57 Å². The highest BCUT2D eigenvalue weighted by molar-refractivity contribution is 6.24. The van der Waals surface area contributed by atoms with Crippen molar-refractivity contribution in [2.75, 3.05) is 4.90 Å². The Kier molecular flexibility index (Phi) is 4.92. The molecule has 2 aliphatic carbocycles. The van der Waals surface area contributed by atoms with Gasteiger partial charge in [-0.15, -0.1) is 0 Å². The fourth-order valence-corrected chi connectivity index (χ4v) is 7.13. The van der Waals surface area contributed by atoms with E-state index in [4.69, 9.17) is 5.73 Å². The van der Waals surface area contributed by atoms with Gasteiger partial charge in [0.25, 0.3) is 0 Å². The number of aromatic hydroxyl groups is 1. The van der Waals surface area contributed by atoms with Crippen molar-refractivity contribution >= 4 is 35.3 Å². The number of phenolic OH excluding ortho intramolecular Hbond substituents is 1. The Labute approximate surface area is 212 Å². The van der Waals surface area contributed by atoms with E-state index in [1.54, 1.807) is 55.5 Å². The molecule has 188 valence electrons. The number of carbonyl (C=O) groups is 5. The normalized spacial score (nSPS) is 32.7. The summed E-state index contributed by atoms with van der Waals surface area (Å²) in [4.78, 5) is 67.9. The third-order valence-electron chi connectivity index (χ3n) is 8.76. The Morgan fingerprint density at radius 2 is 1.62 bits per heavy atom. The van der Waals surface area contributed by atoms with Crippen LogP contribution in [0.1, 0.15) is 31.2 Å². The van der Waals surface area contributed by atoms with Crippen LogP contribution in [-0.4, -0.2) is 39.7 Å². The predicted octanol–water partition coefficient (Wildman–Crippen LogP) is 2.70. The van der Waals surface area contributed by atoms with Crippen molar-refractivity contribution in [3.8, 4) is 5.75 Å². The summed E-state index contributed by atoms with van der Waals surface area (Å²) in [5.74, 6) is -5.83. The fourth-order valence-electron chi connectivity index (χ4n) is 7.13. The van der Waals surface area contributed by atoms with Gasteiger partial charge in [0.1, 0.15) is 5.75 Å². The van der Waals surface area contributed by atoms with Crippen LogP contribution < -0.4 is 10.6 Å². The number of anilines is 1. The van der Waals surface area contributed by atoms with Crippen molar-refractivity contribution in [1.82, 2.24) is 4.90 Å². The van der Waals surface area contributed by atoms with E-state index in [-0.39, 0.29) is 30.4 Å². The summed E-state index contributed by atoms with van der Waals surface area (Å²) in [6.45, 7) is 1.75. The monoisotopic (exact) mass is 499 g/mol. The van der Waals surface area contributed by atoms with Gasteiger partial charge in [-0.05, 0) is 43.9 Å². The van der Waals surface area contributed by atoms with Crippen molar-refractivity contribution in [3.05, 3.63) is 71.8 Å². The number of allylic oxidation sites excluding steroid dienone is 2. The molecule has 2 heterocycles. The molecule has 0 spiro atoms. The summed E-state index contributed by atoms with van der Waals surface area (Å²) < 4.78 is 0. The molecular formula is C28H25N3O6. The van der Waals surface area contributed by atoms with Gasteiger partial charge in [0.2, 0.25) is 23.6 Å². The van der Waals surface area contributed by atoms with Crippen LogP contribution in [0.15, 0.2) is 66.2 Å².